The van der Waals surface area contributed by atoms with Crippen LogP contribution in [0.5, 0.6) is 0 Å². The highest BCUT2D eigenvalue weighted by molar-refractivity contribution is 5.78. The second-order valence-corrected chi connectivity index (χ2v) is 6.72. The molecule has 0 aromatic carbocycles. The maximum atomic E-state index is 11.4. The molecule has 1 aliphatic heterocycles. The van der Waals surface area contributed by atoms with Crippen molar-refractivity contribution in [2.75, 3.05) is 26.8 Å². The average molecular weight is 300 g/mol. The van der Waals surface area contributed by atoms with Gasteiger partial charge in [-0.1, -0.05) is 0 Å². The van der Waals surface area contributed by atoms with E-state index >= 15 is 0 Å². The van der Waals surface area contributed by atoms with Crippen molar-refractivity contribution >= 4 is 5.97 Å². The molecule has 0 bridgehead atoms. The molecule has 0 saturated carbocycles. The number of carboxylic acid groups (broad SMARTS) is 1. The van der Waals surface area contributed by atoms with E-state index in [1.807, 2.05) is 13.8 Å². The molecule has 0 aromatic heterocycles. The monoisotopic (exact) mass is 300 g/mol. The van der Waals surface area contributed by atoms with Gasteiger partial charge in [0.15, 0.2) is 0 Å². The van der Waals surface area contributed by atoms with Crippen molar-refractivity contribution < 1.29 is 14.6 Å². The van der Waals surface area contributed by atoms with Gasteiger partial charge >= 0.3 is 5.97 Å². The summed E-state index contributed by atoms with van der Waals surface area (Å²) in [5.41, 5.74) is -0.814. The topological polar surface area (TPSA) is 61.8 Å². The number of nitrogens with one attached hydrogen (secondary N) is 1. The SMILES string of the molecule is CC(C)NC(C)(CCCCN(C)C1CCOCC1)C(=O)O. The molecule has 5 heteroatoms. The van der Waals surface area contributed by atoms with E-state index < -0.39 is 11.5 Å². The summed E-state index contributed by atoms with van der Waals surface area (Å²) in [4.78, 5) is 13.8. The Morgan fingerprint density at radius 3 is 2.52 bits per heavy atom. The number of nitrogens with zero attached hydrogens (tertiary/aromatic N) is 1. The van der Waals surface area contributed by atoms with Crippen molar-refractivity contribution in [1.29, 1.82) is 0 Å². The number of ether oxygens (including phenoxy) is 1. The molecule has 0 aromatic rings. The number of carboxylic acids is 1. The number of hydrogen-bond donors (Lipinski definition) is 2. The molecule has 1 heterocycles. The van der Waals surface area contributed by atoms with Gasteiger partial charge in [-0.05, 0) is 66.5 Å². The summed E-state index contributed by atoms with van der Waals surface area (Å²) in [5, 5.41) is 12.6. The molecule has 0 amide bonds. The highest BCUT2D eigenvalue weighted by Gasteiger charge is 2.32. The molecule has 21 heavy (non-hydrogen) atoms. The van der Waals surface area contributed by atoms with E-state index in [4.69, 9.17) is 4.74 Å². The Bertz CT molecular complexity index is 317. The van der Waals surface area contributed by atoms with Gasteiger partial charge in [-0.25, -0.2) is 0 Å². The molecule has 2 N–H and O–H groups in total. The number of aliphatic carboxylic acids is 1. The molecule has 0 aliphatic carbocycles. The van der Waals surface area contributed by atoms with Gasteiger partial charge in [0.2, 0.25) is 0 Å². The molecule has 1 atom stereocenters. The maximum absolute atomic E-state index is 11.4. The fourth-order valence-corrected chi connectivity index (χ4v) is 3.03. The highest BCUT2D eigenvalue weighted by Crippen LogP contribution is 2.17. The second-order valence-electron chi connectivity index (χ2n) is 6.72. The minimum Gasteiger partial charge on any atom is -0.480 e. The molecule has 0 radical (unpaired) electrons. The first-order valence-corrected chi connectivity index (χ1v) is 8.14. The van der Waals surface area contributed by atoms with Crippen LogP contribution >= 0.6 is 0 Å². The van der Waals surface area contributed by atoms with Crippen molar-refractivity contribution in [3.8, 4) is 0 Å². The lowest BCUT2D eigenvalue weighted by atomic mass is 9.93. The summed E-state index contributed by atoms with van der Waals surface area (Å²) in [6.45, 7) is 8.52. The Hall–Kier alpha value is -0.650. The van der Waals surface area contributed by atoms with E-state index in [1.54, 1.807) is 6.92 Å². The van der Waals surface area contributed by atoms with Crippen molar-refractivity contribution in [2.24, 2.45) is 0 Å². The Balaban J connectivity index is 2.28. The first-order chi connectivity index (χ1) is 9.85. The first kappa shape index (κ1) is 18.4. The van der Waals surface area contributed by atoms with Gasteiger partial charge in [-0.2, -0.15) is 0 Å². The summed E-state index contributed by atoms with van der Waals surface area (Å²) in [6.07, 6.45) is 4.85. The zero-order chi connectivity index (χ0) is 15.9. The maximum Gasteiger partial charge on any atom is 0.323 e. The number of rotatable bonds is 9. The second kappa shape index (κ2) is 8.71. The standard InChI is InChI=1S/C16H32N2O3/c1-13(2)17-16(3,15(19)20)9-5-6-10-18(4)14-7-11-21-12-8-14/h13-14,17H,5-12H2,1-4H3,(H,19,20). The highest BCUT2D eigenvalue weighted by atomic mass is 16.5. The van der Waals surface area contributed by atoms with Crippen LogP contribution in [0.3, 0.4) is 0 Å². The van der Waals surface area contributed by atoms with E-state index in [2.05, 4.69) is 17.3 Å². The van der Waals surface area contributed by atoms with E-state index in [9.17, 15) is 9.90 Å². The Labute approximate surface area is 129 Å². The number of unbranched alkanes of at least 4 members (excludes halogenated alkanes) is 1. The molecule has 124 valence electrons. The zero-order valence-corrected chi connectivity index (χ0v) is 14.0. The fraction of sp³-hybridized carbons (Fsp3) is 0.938. The molecule has 1 unspecified atom stereocenters. The Morgan fingerprint density at radius 2 is 2.00 bits per heavy atom. The summed E-state index contributed by atoms with van der Waals surface area (Å²) < 4.78 is 5.38. The van der Waals surface area contributed by atoms with Gasteiger partial charge in [-0.3, -0.25) is 10.1 Å². The van der Waals surface area contributed by atoms with Crippen LogP contribution in [-0.2, 0) is 9.53 Å². The third-order valence-corrected chi connectivity index (χ3v) is 4.33. The number of hydrogen-bond acceptors (Lipinski definition) is 4. The molecule has 1 aliphatic rings. The van der Waals surface area contributed by atoms with Crippen LogP contribution in [0, 0.1) is 0 Å². The smallest absolute Gasteiger partial charge is 0.323 e. The quantitative estimate of drug-likeness (QED) is 0.639. The predicted molar refractivity (Wildman–Crippen MR) is 84.6 cm³/mol. The minimum atomic E-state index is -0.814. The lowest BCUT2D eigenvalue weighted by Crippen LogP contribution is -2.52. The van der Waals surface area contributed by atoms with E-state index in [0.717, 1.165) is 45.4 Å². The van der Waals surface area contributed by atoms with Crippen molar-refractivity contribution in [2.45, 2.75) is 70.5 Å². The minimum absolute atomic E-state index is 0.177. The predicted octanol–water partition coefficient (Wildman–Crippen LogP) is 2.11. The van der Waals surface area contributed by atoms with Gasteiger partial charge in [0.25, 0.3) is 0 Å². The van der Waals surface area contributed by atoms with E-state index in [0.29, 0.717) is 12.5 Å². The van der Waals surface area contributed by atoms with E-state index in [1.165, 1.54) is 0 Å². The van der Waals surface area contributed by atoms with Crippen LogP contribution in [0.15, 0.2) is 0 Å². The summed E-state index contributed by atoms with van der Waals surface area (Å²) in [6, 6.07) is 0.800. The fourth-order valence-electron chi connectivity index (χ4n) is 3.03. The van der Waals surface area contributed by atoms with Crippen molar-refractivity contribution in [3.05, 3.63) is 0 Å². The normalized spacial score (nSPS) is 19.9. The first-order valence-electron chi connectivity index (χ1n) is 8.14. The summed E-state index contributed by atoms with van der Waals surface area (Å²) >= 11 is 0. The molecule has 1 rings (SSSR count). The largest absolute Gasteiger partial charge is 0.480 e. The molecular weight excluding hydrogens is 268 g/mol. The zero-order valence-electron chi connectivity index (χ0n) is 14.0. The molecular formula is C16H32N2O3. The van der Waals surface area contributed by atoms with Crippen molar-refractivity contribution in [1.82, 2.24) is 10.2 Å². The summed E-state index contributed by atoms with van der Waals surface area (Å²) in [5.74, 6) is -0.756. The number of carbonyl (C=O) groups is 1. The van der Waals surface area contributed by atoms with Crippen LogP contribution in [0.1, 0.15) is 52.9 Å². The average Bonchev–Trinajstić information content (AvgIpc) is 2.43. The van der Waals surface area contributed by atoms with Crippen LogP contribution < -0.4 is 5.32 Å². The molecule has 1 saturated heterocycles. The lowest BCUT2D eigenvalue weighted by molar-refractivity contribution is -0.144. The third-order valence-electron chi connectivity index (χ3n) is 4.33. The molecule has 5 nitrogen and oxygen atoms in total. The Kier molecular flexibility index (Phi) is 7.63. The Morgan fingerprint density at radius 1 is 1.38 bits per heavy atom. The third kappa shape index (κ3) is 6.32. The van der Waals surface area contributed by atoms with Gasteiger partial charge in [0.1, 0.15) is 5.54 Å². The molecule has 0 spiro atoms. The lowest BCUT2D eigenvalue weighted by Gasteiger charge is -2.32. The van der Waals surface area contributed by atoms with Gasteiger partial charge in [0.05, 0.1) is 0 Å². The summed E-state index contributed by atoms with van der Waals surface area (Å²) in [7, 11) is 2.17. The van der Waals surface area contributed by atoms with Gasteiger partial charge in [-0.15, -0.1) is 0 Å². The van der Waals surface area contributed by atoms with Crippen molar-refractivity contribution in [3.63, 3.8) is 0 Å². The van der Waals surface area contributed by atoms with Gasteiger partial charge < -0.3 is 14.7 Å². The van der Waals surface area contributed by atoms with Crippen LogP contribution in [0.4, 0.5) is 0 Å². The van der Waals surface area contributed by atoms with Crippen LogP contribution in [0.25, 0.3) is 0 Å². The molecule has 1 fully saturated rings. The van der Waals surface area contributed by atoms with Gasteiger partial charge in [0, 0.05) is 25.3 Å². The van der Waals surface area contributed by atoms with Crippen LogP contribution in [0.2, 0.25) is 0 Å². The van der Waals surface area contributed by atoms with E-state index in [-0.39, 0.29) is 6.04 Å². The van der Waals surface area contributed by atoms with Crippen LogP contribution in [-0.4, -0.2) is 60.4 Å².